The number of aromatic carboxylic acids is 1. The third-order valence-electron chi connectivity index (χ3n) is 2.82. The molecule has 0 spiro atoms. The number of carbonyl (C=O) groups excluding carboxylic acids is 1. The van der Waals surface area contributed by atoms with Crippen molar-refractivity contribution >= 4 is 27.9 Å². The Kier molecular flexibility index (Phi) is 5.16. The molecule has 22 heavy (non-hydrogen) atoms. The molecule has 0 amide bonds. The Bertz CT molecular complexity index is 694. The molecule has 2 aromatic carbocycles. The summed E-state index contributed by atoms with van der Waals surface area (Å²) in [6.45, 7) is 1.68. The lowest BCUT2D eigenvalue weighted by Crippen LogP contribution is -2.17. The van der Waals surface area contributed by atoms with Gasteiger partial charge in [0.25, 0.3) is 0 Å². The molecule has 114 valence electrons. The van der Waals surface area contributed by atoms with Crippen molar-refractivity contribution in [3.63, 3.8) is 0 Å². The monoisotopic (exact) mass is 364 g/mol. The van der Waals surface area contributed by atoms with Gasteiger partial charge in [0.15, 0.2) is 6.61 Å². The molecule has 0 atom stereocenters. The molecule has 0 aromatic heterocycles. The van der Waals surface area contributed by atoms with E-state index in [9.17, 15) is 9.59 Å². The van der Waals surface area contributed by atoms with E-state index in [-0.39, 0.29) is 17.9 Å². The maximum Gasteiger partial charge on any atom is 0.349 e. The number of carboxylic acids is 1. The Morgan fingerprint density at radius 3 is 2.32 bits per heavy atom. The van der Waals surface area contributed by atoms with Crippen LogP contribution in [0.15, 0.2) is 46.9 Å². The summed E-state index contributed by atoms with van der Waals surface area (Å²) in [6.07, 6.45) is 0. The molecule has 0 heterocycles. The second kappa shape index (κ2) is 7.09. The fourth-order valence-corrected chi connectivity index (χ4v) is 1.92. The first-order chi connectivity index (χ1) is 10.5. The zero-order chi connectivity index (χ0) is 16.1. The summed E-state index contributed by atoms with van der Waals surface area (Å²) in [7, 11) is 0. The highest BCUT2D eigenvalue weighted by molar-refractivity contribution is 9.10. The zero-order valence-corrected chi connectivity index (χ0v) is 13.3. The lowest BCUT2D eigenvalue weighted by atomic mass is 10.2. The van der Waals surface area contributed by atoms with Crippen molar-refractivity contribution in [2.75, 3.05) is 6.61 Å². The van der Waals surface area contributed by atoms with Crippen LogP contribution in [0.3, 0.4) is 0 Å². The Morgan fingerprint density at radius 2 is 1.73 bits per heavy atom. The predicted molar refractivity (Wildman–Crippen MR) is 83.4 cm³/mol. The molecule has 0 aliphatic heterocycles. The number of ether oxygens (including phenoxy) is 2. The number of esters is 1. The molecule has 0 unspecified atom stereocenters. The highest BCUT2D eigenvalue weighted by Crippen LogP contribution is 2.21. The summed E-state index contributed by atoms with van der Waals surface area (Å²) in [4.78, 5) is 22.4. The number of rotatable bonds is 5. The Balaban J connectivity index is 1.89. The summed E-state index contributed by atoms with van der Waals surface area (Å²) in [5.41, 5.74) is 1.12. The highest BCUT2D eigenvalue weighted by Gasteiger charge is 2.08. The van der Waals surface area contributed by atoms with Gasteiger partial charge in [-0.3, -0.25) is 0 Å². The smallest absolute Gasteiger partial charge is 0.349 e. The summed E-state index contributed by atoms with van der Waals surface area (Å²) in [5.74, 6) is -0.764. The van der Waals surface area contributed by atoms with E-state index in [0.29, 0.717) is 5.75 Å². The fourth-order valence-electron chi connectivity index (χ4n) is 1.68. The number of carbonyl (C=O) groups is 2. The van der Waals surface area contributed by atoms with Gasteiger partial charge < -0.3 is 14.6 Å². The molecule has 0 saturated carbocycles. The minimum atomic E-state index is -1.04. The van der Waals surface area contributed by atoms with Crippen LogP contribution in [0, 0.1) is 6.92 Å². The van der Waals surface area contributed by atoms with E-state index in [4.69, 9.17) is 14.6 Å². The molecule has 0 fully saturated rings. The van der Waals surface area contributed by atoms with Gasteiger partial charge in [0, 0.05) is 4.47 Å². The fraction of sp³-hybridized carbons (Fsp3) is 0.125. The van der Waals surface area contributed by atoms with Gasteiger partial charge >= 0.3 is 11.9 Å². The lowest BCUT2D eigenvalue weighted by Gasteiger charge is -2.08. The van der Waals surface area contributed by atoms with Crippen LogP contribution >= 0.6 is 15.9 Å². The van der Waals surface area contributed by atoms with Gasteiger partial charge in [-0.05, 0) is 55.0 Å². The van der Waals surface area contributed by atoms with Gasteiger partial charge in [0.1, 0.15) is 11.5 Å². The molecule has 2 rings (SSSR count). The van der Waals surface area contributed by atoms with Crippen molar-refractivity contribution in [1.29, 1.82) is 0 Å². The molecular weight excluding hydrogens is 352 g/mol. The van der Waals surface area contributed by atoms with E-state index in [2.05, 4.69) is 15.9 Å². The number of hydrogen-bond acceptors (Lipinski definition) is 4. The van der Waals surface area contributed by atoms with E-state index in [1.165, 1.54) is 24.3 Å². The van der Waals surface area contributed by atoms with Crippen LogP contribution in [-0.2, 0) is 4.79 Å². The number of carboxylic acid groups (broad SMARTS) is 1. The number of aryl methyl sites for hydroxylation is 1. The third kappa shape index (κ3) is 4.33. The summed E-state index contributed by atoms with van der Waals surface area (Å²) < 4.78 is 11.4. The molecule has 5 nitrogen and oxygen atoms in total. The van der Waals surface area contributed by atoms with E-state index in [1.54, 1.807) is 12.1 Å². The largest absolute Gasteiger partial charge is 0.482 e. The SMILES string of the molecule is Cc1cc(OCC(=O)Oc2ccc(C(=O)O)cc2)ccc1Br. The quantitative estimate of drug-likeness (QED) is 0.649. The van der Waals surface area contributed by atoms with Crippen LogP contribution in [-0.4, -0.2) is 23.7 Å². The van der Waals surface area contributed by atoms with Crippen molar-refractivity contribution in [3.8, 4) is 11.5 Å². The van der Waals surface area contributed by atoms with Gasteiger partial charge in [-0.25, -0.2) is 9.59 Å². The van der Waals surface area contributed by atoms with Crippen molar-refractivity contribution in [2.24, 2.45) is 0 Å². The van der Waals surface area contributed by atoms with Crippen LogP contribution in [0.25, 0.3) is 0 Å². The van der Waals surface area contributed by atoms with E-state index in [0.717, 1.165) is 10.0 Å². The van der Waals surface area contributed by atoms with Gasteiger partial charge in [-0.15, -0.1) is 0 Å². The standard InChI is InChI=1S/C16H13BrO5/c1-10-8-13(6-7-14(10)17)21-9-15(18)22-12-4-2-11(3-5-12)16(19)20/h2-8H,9H2,1H3,(H,19,20). The molecule has 0 aliphatic rings. The van der Waals surface area contributed by atoms with Crippen molar-refractivity contribution in [2.45, 2.75) is 6.92 Å². The van der Waals surface area contributed by atoms with E-state index in [1.807, 2.05) is 13.0 Å². The highest BCUT2D eigenvalue weighted by atomic mass is 79.9. The molecule has 2 aromatic rings. The lowest BCUT2D eigenvalue weighted by molar-refractivity contribution is -0.136. The first-order valence-electron chi connectivity index (χ1n) is 6.38. The second-order valence-corrected chi connectivity index (χ2v) is 5.36. The summed E-state index contributed by atoms with van der Waals surface area (Å²) in [5, 5.41) is 8.78. The van der Waals surface area contributed by atoms with Crippen molar-refractivity contribution < 1.29 is 24.2 Å². The molecule has 0 bridgehead atoms. The first kappa shape index (κ1) is 16.0. The average Bonchev–Trinajstić information content (AvgIpc) is 2.49. The Morgan fingerprint density at radius 1 is 1.09 bits per heavy atom. The van der Waals surface area contributed by atoms with Crippen molar-refractivity contribution in [3.05, 3.63) is 58.1 Å². The van der Waals surface area contributed by atoms with Crippen LogP contribution in [0.4, 0.5) is 0 Å². The molecule has 0 saturated heterocycles. The topological polar surface area (TPSA) is 72.8 Å². The van der Waals surface area contributed by atoms with Gasteiger partial charge in [-0.2, -0.15) is 0 Å². The maximum absolute atomic E-state index is 11.7. The average molecular weight is 365 g/mol. The maximum atomic E-state index is 11.7. The molecule has 0 aliphatic carbocycles. The zero-order valence-electron chi connectivity index (χ0n) is 11.7. The molecule has 1 N–H and O–H groups in total. The van der Waals surface area contributed by atoms with Crippen LogP contribution < -0.4 is 9.47 Å². The van der Waals surface area contributed by atoms with Crippen molar-refractivity contribution in [1.82, 2.24) is 0 Å². The van der Waals surface area contributed by atoms with Gasteiger partial charge in [-0.1, -0.05) is 15.9 Å². The Labute approximate surface area is 135 Å². The third-order valence-corrected chi connectivity index (χ3v) is 3.71. The van der Waals surface area contributed by atoms with E-state index >= 15 is 0 Å². The van der Waals surface area contributed by atoms with Crippen LogP contribution in [0.5, 0.6) is 11.5 Å². The minimum absolute atomic E-state index is 0.126. The van der Waals surface area contributed by atoms with Gasteiger partial charge in [0.05, 0.1) is 5.56 Å². The molecule has 0 radical (unpaired) electrons. The first-order valence-corrected chi connectivity index (χ1v) is 7.18. The number of hydrogen-bond donors (Lipinski definition) is 1. The Hall–Kier alpha value is -2.34. The minimum Gasteiger partial charge on any atom is -0.482 e. The predicted octanol–water partition coefficient (Wildman–Crippen LogP) is 3.44. The summed E-state index contributed by atoms with van der Waals surface area (Å²) in [6, 6.07) is 11.0. The molecular formula is C16H13BrO5. The van der Waals surface area contributed by atoms with Crippen LogP contribution in [0.1, 0.15) is 15.9 Å². The normalized spacial score (nSPS) is 10.1. The second-order valence-electron chi connectivity index (χ2n) is 4.50. The number of halogens is 1. The summed E-state index contributed by atoms with van der Waals surface area (Å²) >= 11 is 3.38. The molecule has 6 heteroatoms. The number of benzene rings is 2. The van der Waals surface area contributed by atoms with Crippen LogP contribution in [0.2, 0.25) is 0 Å². The van der Waals surface area contributed by atoms with Gasteiger partial charge in [0.2, 0.25) is 0 Å². The van der Waals surface area contributed by atoms with E-state index < -0.39 is 11.9 Å².